The van der Waals surface area contributed by atoms with Crippen molar-refractivity contribution in [3.8, 4) is 5.75 Å². The van der Waals surface area contributed by atoms with E-state index >= 15 is 0 Å². The van der Waals surface area contributed by atoms with Crippen molar-refractivity contribution in [3.05, 3.63) is 41.5 Å². The number of nitrogens with zero attached hydrogens (tertiary/aromatic N) is 2. The van der Waals surface area contributed by atoms with Crippen LogP contribution in [0.15, 0.2) is 28.8 Å². The Kier molecular flexibility index (Phi) is 4.20. The Hall–Kier alpha value is -1.88. The molecule has 0 bridgehead atoms. The fourth-order valence-corrected chi connectivity index (χ4v) is 2.60. The van der Waals surface area contributed by atoms with Crippen LogP contribution >= 0.6 is 0 Å². The third kappa shape index (κ3) is 3.42. The lowest BCUT2D eigenvalue weighted by molar-refractivity contribution is 0.253. The van der Waals surface area contributed by atoms with E-state index in [1.165, 1.54) is 5.56 Å². The maximum Gasteiger partial charge on any atom is 0.226 e. The van der Waals surface area contributed by atoms with Crippen LogP contribution in [0.3, 0.4) is 0 Å². The normalized spacial score (nSPS) is 18.9. The van der Waals surface area contributed by atoms with Gasteiger partial charge in [0.05, 0.1) is 12.5 Å². The zero-order chi connectivity index (χ0) is 14.7. The van der Waals surface area contributed by atoms with Crippen molar-refractivity contribution in [2.45, 2.75) is 44.6 Å². The fourth-order valence-electron chi connectivity index (χ4n) is 2.60. The van der Waals surface area contributed by atoms with Crippen LogP contribution in [0, 0.1) is 0 Å². The summed E-state index contributed by atoms with van der Waals surface area (Å²) in [7, 11) is 0. The minimum atomic E-state index is 0.172. The predicted octanol–water partition coefficient (Wildman–Crippen LogP) is 2.46. The van der Waals surface area contributed by atoms with E-state index in [0.29, 0.717) is 12.5 Å². The van der Waals surface area contributed by atoms with Crippen LogP contribution in [-0.2, 0) is 12.8 Å². The summed E-state index contributed by atoms with van der Waals surface area (Å²) in [5, 5.41) is 4.11. The Labute approximate surface area is 124 Å². The van der Waals surface area contributed by atoms with Gasteiger partial charge in [0.2, 0.25) is 5.89 Å². The molecule has 2 aromatic rings. The summed E-state index contributed by atoms with van der Waals surface area (Å²) in [6, 6.07) is 8.33. The lowest BCUT2D eigenvalue weighted by Crippen LogP contribution is -2.20. The lowest BCUT2D eigenvalue weighted by Gasteiger charge is -2.22. The number of nitrogens with two attached hydrogens (primary N) is 1. The highest BCUT2D eigenvalue weighted by Gasteiger charge is 2.25. The minimum absolute atomic E-state index is 0.172. The molecular formula is C16H21N3O2. The zero-order valence-electron chi connectivity index (χ0n) is 12.3. The van der Waals surface area contributed by atoms with Crippen molar-refractivity contribution in [1.82, 2.24) is 10.1 Å². The fraction of sp³-hybridized carbons (Fsp3) is 0.500. The van der Waals surface area contributed by atoms with Gasteiger partial charge in [0.25, 0.3) is 0 Å². The third-order valence-electron chi connectivity index (χ3n) is 3.78. The second-order valence-electron chi connectivity index (χ2n) is 5.74. The molecule has 2 heterocycles. The van der Waals surface area contributed by atoms with E-state index in [-0.39, 0.29) is 12.0 Å². The molecule has 112 valence electrons. The summed E-state index contributed by atoms with van der Waals surface area (Å²) in [6.07, 6.45) is 3.63. The summed E-state index contributed by atoms with van der Waals surface area (Å²) in [4.78, 5) is 4.51. The minimum Gasteiger partial charge on any atom is -0.493 e. The van der Waals surface area contributed by atoms with Gasteiger partial charge in [-0.1, -0.05) is 23.4 Å². The highest BCUT2D eigenvalue weighted by atomic mass is 16.5. The molecule has 0 fully saturated rings. The Balaban J connectivity index is 1.62. The van der Waals surface area contributed by atoms with E-state index in [4.69, 9.17) is 15.0 Å². The molecule has 0 spiro atoms. The Morgan fingerprint density at radius 1 is 1.38 bits per heavy atom. The Morgan fingerprint density at radius 2 is 2.24 bits per heavy atom. The summed E-state index contributed by atoms with van der Waals surface area (Å²) < 4.78 is 11.1. The van der Waals surface area contributed by atoms with Crippen LogP contribution in [-0.4, -0.2) is 22.8 Å². The van der Waals surface area contributed by atoms with E-state index in [2.05, 4.69) is 16.2 Å². The molecule has 2 N–H and O–H groups in total. The first kappa shape index (κ1) is 14.1. The van der Waals surface area contributed by atoms with Gasteiger partial charge in [-0.3, -0.25) is 0 Å². The van der Waals surface area contributed by atoms with Crippen LogP contribution in [0.5, 0.6) is 5.75 Å². The summed E-state index contributed by atoms with van der Waals surface area (Å²) >= 11 is 0. The number of hydrogen-bond donors (Lipinski definition) is 1. The lowest BCUT2D eigenvalue weighted by atomic mass is 9.96. The number of benzene rings is 1. The number of rotatable bonds is 5. The first-order chi connectivity index (χ1) is 10.2. The molecule has 1 aliphatic rings. The molecule has 1 aromatic heterocycles. The summed E-state index contributed by atoms with van der Waals surface area (Å²) in [5.74, 6) is 2.59. The van der Waals surface area contributed by atoms with E-state index < -0.39 is 0 Å². The van der Waals surface area contributed by atoms with Crippen LogP contribution in [0.4, 0.5) is 0 Å². The number of aromatic nitrogens is 2. The van der Waals surface area contributed by atoms with Gasteiger partial charge in [-0.15, -0.1) is 0 Å². The van der Waals surface area contributed by atoms with Crippen LogP contribution < -0.4 is 10.5 Å². The molecule has 0 saturated carbocycles. The van der Waals surface area contributed by atoms with Crippen molar-refractivity contribution in [1.29, 1.82) is 0 Å². The highest BCUT2D eigenvalue weighted by molar-refractivity contribution is 5.36. The van der Waals surface area contributed by atoms with Crippen molar-refractivity contribution < 1.29 is 9.26 Å². The van der Waals surface area contributed by atoms with E-state index in [1.807, 2.05) is 25.1 Å². The van der Waals surface area contributed by atoms with Gasteiger partial charge in [0.15, 0.2) is 5.82 Å². The van der Waals surface area contributed by atoms with Crippen molar-refractivity contribution in [3.63, 3.8) is 0 Å². The molecule has 0 radical (unpaired) electrons. The van der Waals surface area contributed by atoms with Gasteiger partial charge >= 0.3 is 0 Å². The number of aryl methyl sites for hydroxylation is 1. The van der Waals surface area contributed by atoms with E-state index in [0.717, 1.165) is 37.3 Å². The highest BCUT2D eigenvalue weighted by Crippen LogP contribution is 2.30. The van der Waals surface area contributed by atoms with E-state index in [1.54, 1.807) is 0 Å². The second-order valence-corrected chi connectivity index (χ2v) is 5.74. The zero-order valence-corrected chi connectivity index (χ0v) is 12.3. The largest absolute Gasteiger partial charge is 0.493 e. The number of para-hydroxylation sites is 1. The van der Waals surface area contributed by atoms with Gasteiger partial charge in [-0.2, -0.15) is 4.98 Å². The second kappa shape index (κ2) is 6.26. The smallest absolute Gasteiger partial charge is 0.226 e. The van der Waals surface area contributed by atoms with Crippen LogP contribution in [0.25, 0.3) is 0 Å². The Bertz CT molecular complexity index is 595. The molecule has 3 rings (SSSR count). The standard InChI is InChI=1S/C16H21N3O2/c1-11(17)5-4-8-15-18-16(19-21-15)13-9-12-6-2-3-7-14(12)20-10-13/h2-3,6-7,11,13H,4-5,8-10,17H2,1H3. The molecule has 2 unspecified atom stereocenters. The van der Waals surface area contributed by atoms with Crippen molar-refractivity contribution in [2.75, 3.05) is 6.61 Å². The van der Waals surface area contributed by atoms with Gasteiger partial charge in [-0.25, -0.2) is 0 Å². The van der Waals surface area contributed by atoms with E-state index in [9.17, 15) is 0 Å². The maximum absolute atomic E-state index is 5.77. The van der Waals surface area contributed by atoms with Crippen molar-refractivity contribution >= 4 is 0 Å². The molecule has 0 amide bonds. The summed E-state index contributed by atoms with van der Waals surface area (Å²) in [5.41, 5.74) is 6.95. The third-order valence-corrected chi connectivity index (χ3v) is 3.78. The monoisotopic (exact) mass is 287 g/mol. The molecule has 2 atom stereocenters. The molecular weight excluding hydrogens is 266 g/mol. The maximum atomic E-state index is 5.77. The average molecular weight is 287 g/mol. The first-order valence-electron chi connectivity index (χ1n) is 7.51. The van der Waals surface area contributed by atoms with Crippen LogP contribution in [0.2, 0.25) is 0 Å². The molecule has 0 saturated heterocycles. The van der Waals surface area contributed by atoms with Crippen molar-refractivity contribution in [2.24, 2.45) is 5.73 Å². The van der Waals surface area contributed by atoms with Crippen LogP contribution in [0.1, 0.15) is 43.0 Å². The first-order valence-corrected chi connectivity index (χ1v) is 7.51. The van der Waals surface area contributed by atoms with Gasteiger partial charge in [-0.05, 0) is 37.8 Å². The predicted molar refractivity (Wildman–Crippen MR) is 79.3 cm³/mol. The molecule has 1 aliphatic heterocycles. The number of ether oxygens (including phenoxy) is 1. The molecule has 5 heteroatoms. The molecule has 5 nitrogen and oxygen atoms in total. The number of hydrogen-bond acceptors (Lipinski definition) is 5. The van der Waals surface area contributed by atoms with Gasteiger partial charge in [0, 0.05) is 12.5 Å². The number of fused-ring (bicyclic) bond motifs is 1. The summed E-state index contributed by atoms with van der Waals surface area (Å²) in [6.45, 7) is 2.62. The SMILES string of the molecule is CC(N)CCCc1nc(C2COc3ccccc3C2)no1. The average Bonchev–Trinajstić information content (AvgIpc) is 2.95. The topological polar surface area (TPSA) is 74.2 Å². The molecule has 21 heavy (non-hydrogen) atoms. The molecule has 1 aromatic carbocycles. The van der Waals surface area contributed by atoms with Gasteiger partial charge in [0.1, 0.15) is 5.75 Å². The molecule has 0 aliphatic carbocycles. The van der Waals surface area contributed by atoms with Gasteiger partial charge < -0.3 is 15.0 Å². The quantitative estimate of drug-likeness (QED) is 0.914. The Morgan fingerprint density at radius 3 is 3.10 bits per heavy atom.